The van der Waals surface area contributed by atoms with E-state index in [1.807, 2.05) is 13.0 Å². The van der Waals surface area contributed by atoms with E-state index in [-0.39, 0.29) is 6.61 Å². The Labute approximate surface area is 98.1 Å². The Balaban J connectivity index is 3.00. The number of pyridine rings is 1. The number of anilines is 1. The molecule has 1 aromatic rings. The number of hydrogen-bond donors (Lipinski definition) is 1. The van der Waals surface area contributed by atoms with Crippen molar-refractivity contribution in [2.45, 2.75) is 46.8 Å². The Hall–Kier alpha value is -1.09. The Kier molecular flexibility index (Phi) is 4.74. The SMILES string of the molecule is CCCN(c1ncc(CO)cc1C)C(C)C. The molecule has 0 atom stereocenters. The van der Waals surface area contributed by atoms with Gasteiger partial charge < -0.3 is 10.0 Å². The van der Waals surface area contributed by atoms with Crippen molar-refractivity contribution in [1.29, 1.82) is 0 Å². The van der Waals surface area contributed by atoms with Crippen LogP contribution in [0.5, 0.6) is 0 Å². The van der Waals surface area contributed by atoms with Crippen LogP contribution in [0.4, 0.5) is 5.82 Å². The quantitative estimate of drug-likeness (QED) is 0.831. The third-order valence-corrected chi connectivity index (χ3v) is 2.65. The Bertz CT molecular complexity index is 337. The molecule has 0 radical (unpaired) electrons. The summed E-state index contributed by atoms with van der Waals surface area (Å²) in [4.78, 5) is 6.76. The Morgan fingerprint density at radius 3 is 2.56 bits per heavy atom. The van der Waals surface area contributed by atoms with E-state index in [0.717, 1.165) is 29.9 Å². The predicted octanol–water partition coefficient (Wildman–Crippen LogP) is 2.51. The zero-order valence-corrected chi connectivity index (χ0v) is 10.7. The fraction of sp³-hybridized carbons (Fsp3) is 0.615. The molecule has 1 N–H and O–H groups in total. The predicted molar refractivity (Wildman–Crippen MR) is 67.7 cm³/mol. The lowest BCUT2D eigenvalue weighted by atomic mass is 10.2. The topological polar surface area (TPSA) is 36.4 Å². The van der Waals surface area contributed by atoms with Crippen LogP contribution in [-0.4, -0.2) is 22.7 Å². The van der Waals surface area contributed by atoms with Crippen molar-refractivity contribution in [3.05, 3.63) is 23.4 Å². The molecule has 0 amide bonds. The van der Waals surface area contributed by atoms with E-state index in [1.165, 1.54) is 0 Å². The number of rotatable bonds is 5. The summed E-state index contributed by atoms with van der Waals surface area (Å²) in [6.45, 7) is 9.65. The molecule has 0 fully saturated rings. The highest BCUT2D eigenvalue weighted by molar-refractivity contribution is 5.48. The summed E-state index contributed by atoms with van der Waals surface area (Å²) in [7, 11) is 0. The molecule has 0 spiro atoms. The number of aryl methyl sites for hydroxylation is 1. The van der Waals surface area contributed by atoms with Crippen LogP contribution in [0.15, 0.2) is 12.3 Å². The zero-order chi connectivity index (χ0) is 12.1. The van der Waals surface area contributed by atoms with Gasteiger partial charge in [0.15, 0.2) is 0 Å². The summed E-state index contributed by atoms with van der Waals surface area (Å²) < 4.78 is 0. The van der Waals surface area contributed by atoms with Gasteiger partial charge in [-0.2, -0.15) is 0 Å². The van der Waals surface area contributed by atoms with Crippen LogP contribution < -0.4 is 4.90 Å². The fourth-order valence-electron chi connectivity index (χ4n) is 1.86. The molecule has 3 heteroatoms. The highest BCUT2D eigenvalue weighted by Gasteiger charge is 2.13. The van der Waals surface area contributed by atoms with Crippen molar-refractivity contribution in [3.8, 4) is 0 Å². The first kappa shape index (κ1) is 13.0. The van der Waals surface area contributed by atoms with Crippen LogP contribution in [0.25, 0.3) is 0 Å². The maximum atomic E-state index is 9.05. The van der Waals surface area contributed by atoms with Gasteiger partial charge in [0.05, 0.1) is 6.61 Å². The maximum absolute atomic E-state index is 9.05. The molecule has 3 nitrogen and oxygen atoms in total. The molecule has 16 heavy (non-hydrogen) atoms. The minimum absolute atomic E-state index is 0.0591. The molecule has 1 aromatic heterocycles. The highest BCUT2D eigenvalue weighted by atomic mass is 16.3. The van der Waals surface area contributed by atoms with E-state index in [1.54, 1.807) is 6.20 Å². The van der Waals surface area contributed by atoms with Gasteiger partial charge in [0.1, 0.15) is 5.82 Å². The number of aromatic nitrogens is 1. The van der Waals surface area contributed by atoms with Gasteiger partial charge in [-0.25, -0.2) is 4.98 Å². The minimum atomic E-state index is 0.0591. The van der Waals surface area contributed by atoms with Gasteiger partial charge in [-0.05, 0) is 44.4 Å². The van der Waals surface area contributed by atoms with E-state index >= 15 is 0 Å². The first-order valence-electron chi connectivity index (χ1n) is 5.93. The van der Waals surface area contributed by atoms with Gasteiger partial charge >= 0.3 is 0 Å². The lowest BCUT2D eigenvalue weighted by Crippen LogP contribution is -2.32. The molecule has 0 saturated heterocycles. The summed E-state index contributed by atoms with van der Waals surface area (Å²) in [5.41, 5.74) is 2.01. The van der Waals surface area contributed by atoms with Gasteiger partial charge in [-0.3, -0.25) is 0 Å². The molecule has 0 aliphatic carbocycles. The van der Waals surface area contributed by atoms with E-state index in [2.05, 4.69) is 30.7 Å². The monoisotopic (exact) mass is 222 g/mol. The summed E-state index contributed by atoms with van der Waals surface area (Å²) in [5.74, 6) is 1.04. The molecular weight excluding hydrogens is 200 g/mol. The highest BCUT2D eigenvalue weighted by Crippen LogP contribution is 2.20. The molecule has 0 aliphatic rings. The maximum Gasteiger partial charge on any atom is 0.131 e. The molecule has 0 saturated carbocycles. The van der Waals surface area contributed by atoms with Crippen molar-refractivity contribution < 1.29 is 5.11 Å². The van der Waals surface area contributed by atoms with Gasteiger partial charge in [-0.15, -0.1) is 0 Å². The van der Waals surface area contributed by atoms with E-state index in [9.17, 15) is 0 Å². The Morgan fingerprint density at radius 2 is 2.12 bits per heavy atom. The average Bonchev–Trinajstić information content (AvgIpc) is 2.26. The molecule has 0 aromatic carbocycles. The first-order valence-corrected chi connectivity index (χ1v) is 5.93. The van der Waals surface area contributed by atoms with E-state index < -0.39 is 0 Å². The summed E-state index contributed by atoms with van der Waals surface area (Å²) in [5, 5.41) is 9.05. The van der Waals surface area contributed by atoms with Crippen LogP contribution in [0.2, 0.25) is 0 Å². The molecule has 0 bridgehead atoms. The van der Waals surface area contributed by atoms with Crippen LogP contribution in [-0.2, 0) is 6.61 Å². The standard InChI is InChI=1S/C13H22N2O/c1-5-6-15(10(2)3)13-11(4)7-12(9-16)8-14-13/h7-8,10,16H,5-6,9H2,1-4H3. The largest absolute Gasteiger partial charge is 0.392 e. The minimum Gasteiger partial charge on any atom is -0.392 e. The lowest BCUT2D eigenvalue weighted by molar-refractivity contribution is 0.281. The lowest BCUT2D eigenvalue weighted by Gasteiger charge is -2.29. The average molecular weight is 222 g/mol. The van der Waals surface area contributed by atoms with Crippen molar-refractivity contribution in [2.24, 2.45) is 0 Å². The third kappa shape index (κ3) is 2.95. The summed E-state index contributed by atoms with van der Waals surface area (Å²) in [6, 6.07) is 2.46. The van der Waals surface area contributed by atoms with Crippen LogP contribution in [0.3, 0.4) is 0 Å². The van der Waals surface area contributed by atoms with E-state index in [0.29, 0.717) is 6.04 Å². The second-order valence-electron chi connectivity index (χ2n) is 4.43. The van der Waals surface area contributed by atoms with Crippen LogP contribution >= 0.6 is 0 Å². The third-order valence-electron chi connectivity index (χ3n) is 2.65. The number of hydrogen-bond acceptors (Lipinski definition) is 3. The number of aliphatic hydroxyl groups excluding tert-OH is 1. The summed E-state index contributed by atoms with van der Waals surface area (Å²) in [6.07, 6.45) is 2.87. The zero-order valence-electron chi connectivity index (χ0n) is 10.7. The number of aliphatic hydroxyl groups is 1. The molecule has 90 valence electrons. The normalized spacial score (nSPS) is 10.9. The second kappa shape index (κ2) is 5.85. The van der Waals surface area contributed by atoms with Crippen LogP contribution in [0, 0.1) is 6.92 Å². The molecule has 0 aliphatic heterocycles. The number of nitrogens with zero attached hydrogens (tertiary/aromatic N) is 2. The Morgan fingerprint density at radius 1 is 1.44 bits per heavy atom. The molecule has 1 rings (SSSR count). The molecular formula is C13H22N2O. The fourth-order valence-corrected chi connectivity index (χ4v) is 1.86. The smallest absolute Gasteiger partial charge is 0.131 e. The van der Waals surface area contributed by atoms with E-state index in [4.69, 9.17) is 5.11 Å². The summed E-state index contributed by atoms with van der Waals surface area (Å²) >= 11 is 0. The van der Waals surface area contributed by atoms with Crippen molar-refractivity contribution in [3.63, 3.8) is 0 Å². The van der Waals surface area contributed by atoms with Crippen molar-refractivity contribution >= 4 is 5.82 Å². The van der Waals surface area contributed by atoms with Crippen molar-refractivity contribution in [2.75, 3.05) is 11.4 Å². The first-order chi connectivity index (χ1) is 7.60. The second-order valence-corrected chi connectivity index (χ2v) is 4.43. The van der Waals surface area contributed by atoms with Gasteiger partial charge in [0, 0.05) is 18.8 Å². The van der Waals surface area contributed by atoms with Gasteiger partial charge in [0.2, 0.25) is 0 Å². The molecule has 1 heterocycles. The van der Waals surface area contributed by atoms with Gasteiger partial charge in [-0.1, -0.05) is 6.92 Å². The van der Waals surface area contributed by atoms with Gasteiger partial charge in [0.25, 0.3) is 0 Å². The van der Waals surface area contributed by atoms with Crippen molar-refractivity contribution in [1.82, 2.24) is 4.98 Å². The molecule has 0 unspecified atom stereocenters. The van der Waals surface area contributed by atoms with Crippen LogP contribution in [0.1, 0.15) is 38.3 Å².